The summed E-state index contributed by atoms with van der Waals surface area (Å²) in [5.74, 6) is -1.13. The lowest BCUT2D eigenvalue weighted by atomic mass is 9.94. The molecule has 1 aliphatic heterocycles. The van der Waals surface area contributed by atoms with Gasteiger partial charge in [0.1, 0.15) is 6.54 Å². The summed E-state index contributed by atoms with van der Waals surface area (Å²) in [4.78, 5) is 41.5. The van der Waals surface area contributed by atoms with Crippen LogP contribution in [0.15, 0.2) is 35.1 Å². The van der Waals surface area contributed by atoms with Gasteiger partial charge in [-0.1, -0.05) is 24.3 Å². The van der Waals surface area contributed by atoms with Crippen LogP contribution in [0.3, 0.4) is 0 Å². The monoisotopic (exact) mass is 340 g/mol. The molecule has 1 aliphatic rings. The highest BCUT2D eigenvalue weighted by Gasteiger charge is 2.33. The Hall–Kier alpha value is -2.89. The van der Waals surface area contributed by atoms with Crippen molar-refractivity contribution >= 4 is 17.6 Å². The second kappa shape index (κ2) is 6.55. The Morgan fingerprint density at radius 2 is 2.00 bits per heavy atom. The van der Waals surface area contributed by atoms with E-state index < -0.39 is 11.9 Å². The Bertz CT molecular complexity index is 901. The molecule has 0 fully saturated rings. The van der Waals surface area contributed by atoms with Crippen LogP contribution in [0.5, 0.6) is 0 Å². The van der Waals surface area contributed by atoms with Crippen molar-refractivity contribution in [2.24, 2.45) is 0 Å². The number of nitrogens with zero attached hydrogens (tertiary/aromatic N) is 1. The molecule has 1 N–H and O–H groups in total. The van der Waals surface area contributed by atoms with Gasteiger partial charge in [0, 0.05) is 11.1 Å². The van der Waals surface area contributed by atoms with E-state index in [9.17, 15) is 14.4 Å². The molecule has 0 saturated heterocycles. The maximum atomic E-state index is 13.0. The van der Waals surface area contributed by atoms with E-state index in [1.165, 1.54) is 4.90 Å². The summed E-state index contributed by atoms with van der Waals surface area (Å²) in [6.45, 7) is 5.25. The smallest absolute Gasteiger partial charge is 0.326 e. The number of hydrogen-bond donors (Lipinski definition) is 1. The number of H-pyrrole nitrogens is 1. The molecular weight excluding hydrogens is 320 g/mol. The molecule has 1 atom stereocenters. The minimum Gasteiger partial charge on any atom is -0.465 e. The van der Waals surface area contributed by atoms with Crippen LogP contribution in [0.2, 0.25) is 0 Å². The number of carbonyl (C=O) groups is 2. The van der Waals surface area contributed by atoms with E-state index in [0.29, 0.717) is 16.9 Å². The lowest BCUT2D eigenvalue weighted by Gasteiger charge is -2.24. The van der Waals surface area contributed by atoms with E-state index in [0.717, 1.165) is 11.1 Å². The van der Waals surface area contributed by atoms with Crippen molar-refractivity contribution in [2.45, 2.75) is 26.7 Å². The van der Waals surface area contributed by atoms with Gasteiger partial charge in [-0.2, -0.15) is 0 Å². The van der Waals surface area contributed by atoms with Gasteiger partial charge >= 0.3 is 5.97 Å². The highest BCUT2D eigenvalue weighted by Crippen LogP contribution is 2.39. The van der Waals surface area contributed by atoms with Crippen molar-refractivity contribution in [3.63, 3.8) is 0 Å². The van der Waals surface area contributed by atoms with Crippen molar-refractivity contribution in [3.05, 3.63) is 51.8 Å². The second-order valence-electron chi connectivity index (χ2n) is 6.08. The minimum atomic E-state index is -0.483. The van der Waals surface area contributed by atoms with Gasteiger partial charge in [0.05, 0.1) is 23.9 Å². The first-order valence-corrected chi connectivity index (χ1v) is 8.24. The fraction of sp³-hybridized carbons (Fsp3) is 0.316. The molecule has 0 spiro atoms. The standard InChI is InChI=1S/C19H20N2O4/c1-4-25-16(22)10-21-15-9-11(2)18(23)20-17(15)14-8-6-5-7-13(14)12(3)19(21)24/h5-9,12H,4,10H2,1-3H3,(H,20,23). The Labute approximate surface area is 145 Å². The molecule has 0 radical (unpaired) electrons. The van der Waals surface area contributed by atoms with Gasteiger partial charge in [0.2, 0.25) is 5.91 Å². The second-order valence-corrected chi connectivity index (χ2v) is 6.08. The third kappa shape index (κ3) is 2.95. The van der Waals surface area contributed by atoms with Crippen molar-refractivity contribution in [1.82, 2.24) is 4.98 Å². The Balaban J connectivity index is 2.23. The zero-order valence-corrected chi connectivity index (χ0v) is 14.5. The summed E-state index contributed by atoms with van der Waals surface area (Å²) in [5, 5.41) is 0. The average Bonchev–Trinajstić information content (AvgIpc) is 2.67. The lowest BCUT2D eigenvalue weighted by Crippen LogP contribution is -2.39. The van der Waals surface area contributed by atoms with Crippen molar-refractivity contribution in [3.8, 4) is 11.3 Å². The van der Waals surface area contributed by atoms with E-state index in [2.05, 4.69) is 4.98 Å². The highest BCUT2D eigenvalue weighted by molar-refractivity contribution is 6.06. The molecule has 0 bridgehead atoms. The zero-order chi connectivity index (χ0) is 18.1. The van der Waals surface area contributed by atoms with E-state index >= 15 is 0 Å². The molecule has 3 rings (SSSR count). The molecule has 1 aromatic heterocycles. The number of fused-ring (bicyclic) bond motifs is 3. The summed E-state index contributed by atoms with van der Waals surface area (Å²) >= 11 is 0. The van der Waals surface area contributed by atoms with Gasteiger partial charge in [-0.15, -0.1) is 0 Å². The third-order valence-electron chi connectivity index (χ3n) is 4.42. The predicted octanol–water partition coefficient (Wildman–Crippen LogP) is 2.36. The summed E-state index contributed by atoms with van der Waals surface area (Å²) in [6.07, 6.45) is 0. The molecule has 6 nitrogen and oxygen atoms in total. The topological polar surface area (TPSA) is 79.5 Å². The molecule has 2 heterocycles. The number of anilines is 1. The fourth-order valence-electron chi connectivity index (χ4n) is 3.12. The molecular formula is C19H20N2O4. The normalized spacial score (nSPS) is 16.0. The zero-order valence-electron chi connectivity index (χ0n) is 14.5. The lowest BCUT2D eigenvalue weighted by molar-refractivity contribution is -0.142. The van der Waals surface area contributed by atoms with Crippen LogP contribution in [-0.4, -0.2) is 30.0 Å². The highest BCUT2D eigenvalue weighted by atomic mass is 16.5. The Morgan fingerprint density at radius 1 is 1.28 bits per heavy atom. The van der Waals surface area contributed by atoms with Gasteiger partial charge < -0.3 is 9.72 Å². The number of esters is 1. The van der Waals surface area contributed by atoms with Crippen LogP contribution in [-0.2, 0) is 14.3 Å². The number of pyridine rings is 1. The van der Waals surface area contributed by atoms with Gasteiger partial charge in [-0.05, 0) is 32.4 Å². The Kier molecular flexibility index (Phi) is 4.44. The first kappa shape index (κ1) is 17.0. The number of aromatic amines is 1. The van der Waals surface area contributed by atoms with Gasteiger partial charge in [-0.25, -0.2) is 0 Å². The predicted molar refractivity (Wildman–Crippen MR) is 94.6 cm³/mol. The number of carbonyl (C=O) groups excluding carboxylic acids is 2. The van der Waals surface area contributed by atoms with E-state index in [1.807, 2.05) is 24.3 Å². The van der Waals surface area contributed by atoms with Gasteiger partial charge in [0.15, 0.2) is 0 Å². The molecule has 0 aliphatic carbocycles. The summed E-state index contributed by atoms with van der Waals surface area (Å²) < 4.78 is 5.01. The number of amides is 1. The number of nitrogens with one attached hydrogen (secondary N) is 1. The van der Waals surface area contributed by atoms with Crippen molar-refractivity contribution < 1.29 is 14.3 Å². The average molecular weight is 340 g/mol. The van der Waals surface area contributed by atoms with Crippen LogP contribution in [0.1, 0.15) is 30.9 Å². The quantitative estimate of drug-likeness (QED) is 0.870. The van der Waals surface area contributed by atoms with Crippen LogP contribution < -0.4 is 10.5 Å². The molecule has 0 saturated carbocycles. The first-order valence-electron chi connectivity index (χ1n) is 8.24. The largest absolute Gasteiger partial charge is 0.465 e. The molecule has 130 valence electrons. The number of benzene rings is 1. The van der Waals surface area contributed by atoms with Crippen LogP contribution >= 0.6 is 0 Å². The van der Waals surface area contributed by atoms with Crippen LogP contribution in [0, 0.1) is 6.92 Å². The van der Waals surface area contributed by atoms with E-state index in [1.54, 1.807) is 26.8 Å². The molecule has 2 aromatic rings. The van der Waals surface area contributed by atoms with Gasteiger partial charge in [-0.3, -0.25) is 19.3 Å². The van der Waals surface area contributed by atoms with Crippen LogP contribution in [0.4, 0.5) is 5.69 Å². The van der Waals surface area contributed by atoms with Crippen molar-refractivity contribution in [1.29, 1.82) is 0 Å². The maximum absolute atomic E-state index is 13.0. The SMILES string of the molecule is CCOC(=O)CN1C(=O)C(C)c2ccccc2-c2[nH]c(=O)c(C)cc21. The number of aromatic nitrogens is 1. The summed E-state index contributed by atoms with van der Waals surface area (Å²) in [6, 6.07) is 9.11. The third-order valence-corrected chi connectivity index (χ3v) is 4.42. The van der Waals surface area contributed by atoms with Crippen LogP contribution in [0.25, 0.3) is 11.3 Å². The van der Waals surface area contributed by atoms with Gasteiger partial charge in [0.25, 0.3) is 5.56 Å². The maximum Gasteiger partial charge on any atom is 0.326 e. The van der Waals surface area contributed by atoms with Crippen molar-refractivity contribution in [2.75, 3.05) is 18.1 Å². The number of ether oxygens (including phenoxy) is 1. The molecule has 6 heteroatoms. The number of rotatable bonds is 3. The summed E-state index contributed by atoms with van der Waals surface area (Å²) in [5.41, 5.74) is 2.95. The Morgan fingerprint density at radius 3 is 2.72 bits per heavy atom. The fourth-order valence-corrected chi connectivity index (χ4v) is 3.12. The van der Waals surface area contributed by atoms with E-state index in [-0.39, 0.29) is 24.6 Å². The van der Waals surface area contributed by atoms with E-state index in [4.69, 9.17) is 4.74 Å². The molecule has 1 amide bonds. The first-order chi connectivity index (χ1) is 11.9. The molecule has 1 aromatic carbocycles. The minimum absolute atomic E-state index is 0.191. The summed E-state index contributed by atoms with van der Waals surface area (Å²) in [7, 11) is 0. The number of aryl methyl sites for hydroxylation is 1. The number of hydrogen-bond acceptors (Lipinski definition) is 4. The molecule has 25 heavy (non-hydrogen) atoms. The molecule has 1 unspecified atom stereocenters.